The van der Waals surface area contributed by atoms with Gasteiger partial charge >= 0.3 is 0 Å². The molecule has 4 rings (SSSR count). The Balaban J connectivity index is 1.33. The highest BCUT2D eigenvalue weighted by Gasteiger charge is 2.15. The summed E-state index contributed by atoms with van der Waals surface area (Å²) in [5.74, 6) is 0.840. The molecular weight excluding hydrogens is 330 g/mol. The lowest BCUT2D eigenvalue weighted by atomic mass is 10.1. The van der Waals surface area contributed by atoms with Gasteiger partial charge in [-0.25, -0.2) is 4.98 Å². The Hall–Kier alpha value is -1.95. The van der Waals surface area contributed by atoms with Gasteiger partial charge in [-0.1, -0.05) is 35.6 Å². The summed E-state index contributed by atoms with van der Waals surface area (Å²) >= 11 is 1.58. The molecule has 5 heteroatoms. The molecule has 0 atom stereocenters. The lowest BCUT2D eigenvalue weighted by Gasteiger charge is -2.29. The largest absolute Gasteiger partial charge is 0.431 e. The second kappa shape index (κ2) is 7.52. The van der Waals surface area contributed by atoms with E-state index in [1.807, 2.05) is 30.3 Å². The number of para-hydroxylation sites is 1. The fraction of sp³-hybridized carbons (Fsp3) is 0.350. The van der Waals surface area contributed by atoms with Gasteiger partial charge in [0.25, 0.3) is 5.19 Å². The van der Waals surface area contributed by atoms with Crippen molar-refractivity contribution in [2.24, 2.45) is 5.73 Å². The quantitative estimate of drug-likeness (QED) is 0.752. The molecule has 0 bridgehead atoms. The zero-order valence-corrected chi connectivity index (χ0v) is 15.0. The SMILES string of the molecule is NC1CCN(CCc2ccc(Oc3nc4ccccc4s3)cc2)CC1. The Kier molecular flexibility index (Phi) is 4.97. The monoisotopic (exact) mass is 353 g/mol. The van der Waals surface area contributed by atoms with Gasteiger partial charge in [0.05, 0.1) is 10.2 Å². The molecule has 0 saturated carbocycles. The number of benzene rings is 2. The minimum absolute atomic E-state index is 0.398. The first kappa shape index (κ1) is 16.5. The number of thiazole rings is 1. The summed E-state index contributed by atoms with van der Waals surface area (Å²) in [6.07, 6.45) is 3.31. The molecule has 130 valence electrons. The van der Waals surface area contributed by atoms with Crippen molar-refractivity contribution < 1.29 is 4.74 Å². The molecule has 3 aromatic rings. The highest BCUT2D eigenvalue weighted by atomic mass is 32.1. The Bertz CT molecular complexity index is 789. The molecule has 0 unspecified atom stereocenters. The number of aromatic nitrogens is 1. The van der Waals surface area contributed by atoms with E-state index in [0.717, 1.165) is 54.9 Å². The molecule has 2 aromatic carbocycles. The number of hydrogen-bond acceptors (Lipinski definition) is 5. The molecule has 0 spiro atoms. The third kappa shape index (κ3) is 4.18. The van der Waals surface area contributed by atoms with E-state index in [9.17, 15) is 0 Å². The first-order valence-corrected chi connectivity index (χ1v) is 9.68. The minimum Gasteiger partial charge on any atom is -0.431 e. The van der Waals surface area contributed by atoms with E-state index in [1.165, 1.54) is 5.56 Å². The summed E-state index contributed by atoms with van der Waals surface area (Å²) in [4.78, 5) is 7.02. The van der Waals surface area contributed by atoms with Crippen molar-refractivity contribution >= 4 is 21.6 Å². The van der Waals surface area contributed by atoms with E-state index in [1.54, 1.807) is 11.3 Å². The number of likely N-dealkylation sites (tertiary alicyclic amines) is 1. The lowest BCUT2D eigenvalue weighted by molar-refractivity contribution is 0.215. The van der Waals surface area contributed by atoms with Gasteiger partial charge in [0, 0.05) is 12.6 Å². The number of hydrogen-bond donors (Lipinski definition) is 1. The average molecular weight is 353 g/mol. The average Bonchev–Trinajstić information content (AvgIpc) is 3.05. The molecule has 1 aromatic heterocycles. The Morgan fingerprint density at radius 3 is 2.60 bits per heavy atom. The fourth-order valence-electron chi connectivity index (χ4n) is 3.18. The molecule has 25 heavy (non-hydrogen) atoms. The van der Waals surface area contributed by atoms with E-state index in [0.29, 0.717) is 11.2 Å². The highest BCUT2D eigenvalue weighted by molar-refractivity contribution is 7.20. The van der Waals surface area contributed by atoms with Gasteiger partial charge in [0.15, 0.2) is 0 Å². The topological polar surface area (TPSA) is 51.4 Å². The van der Waals surface area contributed by atoms with Crippen molar-refractivity contribution in [2.45, 2.75) is 25.3 Å². The van der Waals surface area contributed by atoms with Crippen LogP contribution in [0.5, 0.6) is 10.9 Å². The van der Waals surface area contributed by atoms with Crippen molar-refractivity contribution in [1.29, 1.82) is 0 Å². The summed E-state index contributed by atoms with van der Waals surface area (Å²) in [5.41, 5.74) is 8.29. The minimum atomic E-state index is 0.398. The molecule has 1 fully saturated rings. The molecular formula is C20H23N3OS. The van der Waals surface area contributed by atoms with Gasteiger partial charge in [-0.2, -0.15) is 0 Å². The van der Waals surface area contributed by atoms with Crippen LogP contribution in [-0.2, 0) is 6.42 Å². The van der Waals surface area contributed by atoms with Gasteiger partial charge in [0.2, 0.25) is 0 Å². The van der Waals surface area contributed by atoms with Gasteiger partial charge in [-0.3, -0.25) is 0 Å². The Morgan fingerprint density at radius 2 is 1.84 bits per heavy atom. The number of rotatable bonds is 5. The maximum absolute atomic E-state index is 5.96. The summed E-state index contributed by atoms with van der Waals surface area (Å²) in [6.45, 7) is 3.35. The van der Waals surface area contributed by atoms with Crippen molar-refractivity contribution in [3.63, 3.8) is 0 Å². The molecule has 2 N–H and O–H groups in total. The second-order valence-corrected chi connectivity index (χ2v) is 7.62. The summed E-state index contributed by atoms with van der Waals surface area (Å²) in [7, 11) is 0. The Labute approximate surface area is 152 Å². The number of piperidine rings is 1. The van der Waals surface area contributed by atoms with Crippen LogP contribution in [0.15, 0.2) is 48.5 Å². The number of nitrogens with zero attached hydrogens (tertiary/aromatic N) is 2. The van der Waals surface area contributed by atoms with Crippen LogP contribution in [0.4, 0.5) is 0 Å². The van der Waals surface area contributed by atoms with Crippen molar-refractivity contribution in [3.05, 3.63) is 54.1 Å². The van der Waals surface area contributed by atoms with Crippen LogP contribution in [0.25, 0.3) is 10.2 Å². The van der Waals surface area contributed by atoms with E-state index in [4.69, 9.17) is 10.5 Å². The first-order valence-electron chi connectivity index (χ1n) is 8.86. The normalized spacial score (nSPS) is 16.4. The molecule has 0 aliphatic carbocycles. The van der Waals surface area contributed by atoms with Crippen LogP contribution in [0.1, 0.15) is 18.4 Å². The van der Waals surface area contributed by atoms with Crippen LogP contribution in [0.3, 0.4) is 0 Å². The van der Waals surface area contributed by atoms with Crippen molar-refractivity contribution in [3.8, 4) is 10.9 Å². The molecule has 0 amide bonds. The van der Waals surface area contributed by atoms with Crippen LogP contribution in [-0.4, -0.2) is 35.6 Å². The molecule has 0 radical (unpaired) electrons. The zero-order chi connectivity index (χ0) is 17.1. The molecule has 1 saturated heterocycles. The highest BCUT2D eigenvalue weighted by Crippen LogP contribution is 2.31. The first-order chi connectivity index (χ1) is 12.3. The lowest BCUT2D eigenvalue weighted by Crippen LogP contribution is -2.40. The van der Waals surface area contributed by atoms with Crippen LogP contribution >= 0.6 is 11.3 Å². The van der Waals surface area contributed by atoms with E-state index in [2.05, 4.69) is 28.1 Å². The van der Waals surface area contributed by atoms with Gasteiger partial charge in [-0.15, -0.1) is 0 Å². The van der Waals surface area contributed by atoms with E-state index in [-0.39, 0.29) is 0 Å². The molecule has 4 nitrogen and oxygen atoms in total. The van der Waals surface area contributed by atoms with Crippen LogP contribution in [0.2, 0.25) is 0 Å². The van der Waals surface area contributed by atoms with Gasteiger partial charge in [0.1, 0.15) is 5.75 Å². The smallest absolute Gasteiger partial charge is 0.279 e. The molecule has 2 heterocycles. The summed E-state index contributed by atoms with van der Waals surface area (Å²) in [6, 6.07) is 16.9. The maximum Gasteiger partial charge on any atom is 0.279 e. The summed E-state index contributed by atoms with van der Waals surface area (Å²) in [5, 5.41) is 0.693. The predicted molar refractivity (Wildman–Crippen MR) is 103 cm³/mol. The maximum atomic E-state index is 5.96. The van der Waals surface area contributed by atoms with E-state index < -0.39 is 0 Å². The van der Waals surface area contributed by atoms with Crippen LogP contribution < -0.4 is 10.5 Å². The third-order valence-corrected chi connectivity index (χ3v) is 5.67. The third-order valence-electron chi connectivity index (χ3n) is 4.75. The van der Waals surface area contributed by atoms with E-state index >= 15 is 0 Å². The van der Waals surface area contributed by atoms with Crippen molar-refractivity contribution in [1.82, 2.24) is 9.88 Å². The number of ether oxygens (including phenoxy) is 1. The second-order valence-electron chi connectivity index (χ2n) is 6.62. The van der Waals surface area contributed by atoms with Crippen LogP contribution in [0, 0.1) is 0 Å². The Morgan fingerprint density at radius 1 is 1.08 bits per heavy atom. The summed E-state index contributed by atoms with van der Waals surface area (Å²) < 4.78 is 7.06. The zero-order valence-electron chi connectivity index (χ0n) is 14.2. The number of fused-ring (bicyclic) bond motifs is 1. The molecule has 1 aliphatic rings. The number of nitrogens with two attached hydrogens (primary N) is 1. The fourth-order valence-corrected chi connectivity index (χ4v) is 4.02. The predicted octanol–water partition coefficient (Wildman–Crippen LogP) is 4.05. The standard InChI is InChI=1S/C20H23N3OS/c21-16-10-13-23(14-11-16)12-9-15-5-7-17(8-6-15)24-20-22-18-3-1-2-4-19(18)25-20/h1-8,16H,9-14,21H2. The van der Waals surface area contributed by atoms with Gasteiger partial charge < -0.3 is 15.4 Å². The van der Waals surface area contributed by atoms with Crippen molar-refractivity contribution in [2.75, 3.05) is 19.6 Å². The van der Waals surface area contributed by atoms with Gasteiger partial charge in [-0.05, 0) is 62.2 Å². The molecule has 1 aliphatic heterocycles.